The van der Waals surface area contributed by atoms with Gasteiger partial charge in [-0.1, -0.05) is 25.1 Å². The molecule has 0 saturated carbocycles. The molecule has 0 saturated heterocycles. The zero-order valence-corrected chi connectivity index (χ0v) is 9.00. The number of para-hydroxylation sites is 1. The molecule has 72 valence electrons. The van der Waals surface area contributed by atoms with Crippen LogP contribution in [0.25, 0.3) is 0 Å². The number of nitrogens with zero attached hydrogens (tertiary/aromatic N) is 1. The Kier molecular flexibility index (Phi) is 4.76. The van der Waals surface area contributed by atoms with E-state index in [2.05, 4.69) is 48.7 Å². The van der Waals surface area contributed by atoms with Crippen LogP contribution in [0.4, 0.5) is 5.69 Å². The van der Waals surface area contributed by atoms with Crippen LogP contribution in [-0.4, -0.2) is 18.8 Å². The van der Waals surface area contributed by atoms with E-state index >= 15 is 0 Å². The minimum Gasteiger partial charge on any atom is -0.371 e. The molecule has 0 amide bonds. The predicted molar refractivity (Wildman–Crippen MR) is 62.8 cm³/mol. The number of rotatable bonds is 5. The van der Waals surface area contributed by atoms with Crippen LogP contribution in [0.15, 0.2) is 30.3 Å². The molecule has 1 nitrogen and oxygen atoms in total. The van der Waals surface area contributed by atoms with Crippen LogP contribution in [0.2, 0.25) is 0 Å². The van der Waals surface area contributed by atoms with Crippen molar-refractivity contribution in [1.29, 1.82) is 0 Å². The molecular weight excluding hydrogens is 178 g/mol. The summed E-state index contributed by atoms with van der Waals surface area (Å²) in [5.41, 5.74) is 1.30. The van der Waals surface area contributed by atoms with Gasteiger partial charge in [0.25, 0.3) is 0 Å². The largest absolute Gasteiger partial charge is 0.371 e. The average molecular weight is 195 g/mol. The molecule has 0 N–H and O–H groups in total. The van der Waals surface area contributed by atoms with Crippen LogP contribution >= 0.6 is 12.6 Å². The summed E-state index contributed by atoms with van der Waals surface area (Å²) in [5, 5.41) is 0. The van der Waals surface area contributed by atoms with E-state index in [9.17, 15) is 0 Å². The Balaban J connectivity index is 2.64. The van der Waals surface area contributed by atoms with E-state index in [-0.39, 0.29) is 0 Å². The summed E-state index contributed by atoms with van der Waals surface area (Å²) in [6.45, 7) is 4.35. The molecule has 0 unspecified atom stereocenters. The third-order valence-electron chi connectivity index (χ3n) is 1.98. The van der Waals surface area contributed by atoms with Gasteiger partial charge in [0, 0.05) is 24.5 Å². The van der Waals surface area contributed by atoms with Crippen molar-refractivity contribution < 1.29 is 0 Å². The Bertz CT molecular complexity index is 217. The summed E-state index contributed by atoms with van der Waals surface area (Å²) in [7, 11) is 0. The maximum absolute atomic E-state index is 4.26. The van der Waals surface area contributed by atoms with Gasteiger partial charge in [0.1, 0.15) is 0 Å². The lowest BCUT2D eigenvalue weighted by molar-refractivity contribution is 0.796. The zero-order valence-electron chi connectivity index (χ0n) is 8.11. The smallest absolute Gasteiger partial charge is 0.0366 e. The molecule has 0 aliphatic heterocycles. The van der Waals surface area contributed by atoms with Crippen molar-refractivity contribution in [2.75, 3.05) is 23.7 Å². The van der Waals surface area contributed by atoms with E-state index in [1.807, 2.05) is 6.07 Å². The van der Waals surface area contributed by atoms with E-state index in [1.165, 1.54) is 12.1 Å². The molecule has 1 aromatic carbocycles. The van der Waals surface area contributed by atoms with Crippen molar-refractivity contribution in [3.05, 3.63) is 30.3 Å². The average Bonchev–Trinajstić information content (AvgIpc) is 2.19. The van der Waals surface area contributed by atoms with Gasteiger partial charge in [-0.05, 0) is 18.6 Å². The predicted octanol–water partition coefficient (Wildman–Crippen LogP) is 2.83. The molecular formula is C11H17NS. The highest BCUT2D eigenvalue weighted by Crippen LogP contribution is 2.13. The first-order valence-electron chi connectivity index (χ1n) is 4.79. The summed E-state index contributed by atoms with van der Waals surface area (Å²) in [5.74, 6) is 0.912. The van der Waals surface area contributed by atoms with Crippen molar-refractivity contribution >= 4 is 18.3 Å². The van der Waals surface area contributed by atoms with Crippen molar-refractivity contribution in [2.45, 2.75) is 13.3 Å². The summed E-state index contributed by atoms with van der Waals surface area (Å²) in [4.78, 5) is 2.37. The molecule has 0 atom stereocenters. The first-order chi connectivity index (χ1) is 6.38. The van der Waals surface area contributed by atoms with Crippen LogP contribution in [0.1, 0.15) is 13.3 Å². The lowest BCUT2D eigenvalue weighted by atomic mass is 10.3. The van der Waals surface area contributed by atoms with E-state index in [0.29, 0.717) is 0 Å². The van der Waals surface area contributed by atoms with Gasteiger partial charge in [0.2, 0.25) is 0 Å². The van der Waals surface area contributed by atoms with Crippen molar-refractivity contribution in [3.8, 4) is 0 Å². The number of hydrogen-bond acceptors (Lipinski definition) is 2. The molecule has 1 aromatic rings. The first kappa shape index (κ1) is 10.5. The van der Waals surface area contributed by atoms with Crippen LogP contribution in [0, 0.1) is 0 Å². The zero-order chi connectivity index (χ0) is 9.52. The third-order valence-corrected chi connectivity index (χ3v) is 2.18. The molecule has 2 heteroatoms. The third kappa shape index (κ3) is 3.31. The Morgan fingerprint density at radius 1 is 1.15 bits per heavy atom. The van der Waals surface area contributed by atoms with Crippen molar-refractivity contribution in [3.63, 3.8) is 0 Å². The van der Waals surface area contributed by atoms with Crippen LogP contribution < -0.4 is 4.90 Å². The maximum Gasteiger partial charge on any atom is 0.0366 e. The van der Waals surface area contributed by atoms with E-state index in [4.69, 9.17) is 0 Å². The van der Waals surface area contributed by atoms with Crippen LogP contribution in [-0.2, 0) is 0 Å². The molecule has 0 radical (unpaired) electrons. The molecule has 0 aliphatic rings. The second-order valence-corrected chi connectivity index (χ2v) is 3.49. The fourth-order valence-electron chi connectivity index (χ4n) is 1.40. The first-order valence-corrected chi connectivity index (χ1v) is 5.42. The van der Waals surface area contributed by atoms with Gasteiger partial charge in [0.15, 0.2) is 0 Å². The highest BCUT2D eigenvalue weighted by Gasteiger charge is 2.01. The monoisotopic (exact) mass is 195 g/mol. The Hall–Kier alpha value is -0.630. The highest BCUT2D eigenvalue weighted by atomic mass is 32.1. The van der Waals surface area contributed by atoms with Crippen LogP contribution in [0.5, 0.6) is 0 Å². The second-order valence-electron chi connectivity index (χ2n) is 3.05. The molecule has 1 rings (SSSR count). The molecule has 0 spiro atoms. The van der Waals surface area contributed by atoms with E-state index in [0.717, 1.165) is 18.8 Å². The Morgan fingerprint density at radius 3 is 2.38 bits per heavy atom. The fraction of sp³-hybridized carbons (Fsp3) is 0.455. The van der Waals surface area contributed by atoms with Gasteiger partial charge in [-0.15, -0.1) is 0 Å². The summed E-state index contributed by atoms with van der Waals surface area (Å²) < 4.78 is 0. The summed E-state index contributed by atoms with van der Waals surface area (Å²) >= 11 is 4.26. The maximum atomic E-state index is 4.26. The Morgan fingerprint density at radius 2 is 1.85 bits per heavy atom. The van der Waals surface area contributed by atoms with Crippen molar-refractivity contribution in [2.24, 2.45) is 0 Å². The molecule has 0 bridgehead atoms. The van der Waals surface area contributed by atoms with E-state index < -0.39 is 0 Å². The SMILES string of the molecule is CCCN(CCS)c1ccccc1. The standard InChI is InChI=1S/C11H17NS/c1-2-8-12(9-10-13)11-6-4-3-5-7-11/h3-7,13H,2,8-10H2,1H3. The molecule has 0 heterocycles. The minimum absolute atomic E-state index is 0.912. The van der Waals surface area contributed by atoms with Gasteiger partial charge in [-0.25, -0.2) is 0 Å². The Labute approximate surface area is 86.2 Å². The van der Waals surface area contributed by atoms with Gasteiger partial charge in [-0.3, -0.25) is 0 Å². The molecule has 0 aromatic heterocycles. The second kappa shape index (κ2) is 5.92. The number of anilines is 1. The topological polar surface area (TPSA) is 3.24 Å². The fourth-order valence-corrected chi connectivity index (χ4v) is 1.64. The lowest BCUT2D eigenvalue weighted by Crippen LogP contribution is -2.26. The minimum atomic E-state index is 0.912. The van der Waals surface area contributed by atoms with Gasteiger partial charge in [-0.2, -0.15) is 12.6 Å². The highest BCUT2D eigenvalue weighted by molar-refractivity contribution is 7.80. The van der Waals surface area contributed by atoms with Gasteiger partial charge < -0.3 is 4.90 Å². The number of hydrogen-bond donors (Lipinski definition) is 1. The quantitative estimate of drug-likeness (QED) is 0.707. The molecule has 0 fully saturated rings. The molecule has 13 heavy (non-hydrogen) atoms. The van der Waals surface area contributed by atoms with Crippen molar-refractivity contribution in [1.82, 2.24) is 0 Å². The van der Waals surface area contributed by atoms with Crippen LogP contribution in [0.3, 0.4) is 0 Å². The summed E-state index contributed by atoms with van der Waals surface area (Å²) in [6, 6.07) is 10.5. The van der Waals surface area contributed by atoms with Gasteiger partial charge >= 0.3 is 0 Å². The number of benzene rings is 1. The molecule has 0 aliphatic carbocycles. The normalized spacial score (nSPS) is 10.0. The van der Waals surface area contributed by atoms with Gasteiger partial charge in [0.05, 0.1) is 0 Å². The number of thiol groups is 1. The lowest BCUT2D eigenvalue weighted by Gasteiger charge is -2.23. The summed E-state index contributed by atoms with van der Waals surface area (Å²) in [6.07, 6.45) is 1.18. The van der Waals surface area contributed by atoms with E-state index in [1.54, 1.807) is 0 Å².